The molecule has 0 radical (unpaired) electrons. The van der Waals surface area contributed by atoms with Crippen molar-refractivity contribution in [3.05, 3.63) is 71.3 Å². The number of rotatable bonds is 28. The number of esters is 1. The largest absolute Gasteiger partial charge is 0.459 e. The van der Waals surface area contributed by atoms with Gasteiger partial charge >= 0.3 is 5.97 Å². The fraction of sp³-hybridized carbons (Fsp3) is 0.617. The number of hydrogen-bond acceptors (Lipinski definition) is 20. The molecule has 10 amide bonds. The molecule has 1 aliphatic rings. The minimum absolute atomic E-state index is 0.0231. The third-order valence-corrected chi connectivity index (χ3v) is 14.6. The molecule has 1 heterocycles. The zero-order valence-electron chi connectivity index (χ0n) is 52.5. The van der Waals surface area contributed by atoms with Gasteiger partial charge in [0.15, 0.2) is 0 Å². The van der Waals surface area contributed by atoms with Gasteiger partial charge in [-0.05, 0) is 141 Å². The van der Waals surface area contributed by atoms with Crippen molar-refractivity contribution in [2.45, 2.75) is 184 Å². The first-order chi connectivity index (χ1) is 42.8. The van der Waals surface area contributed by atoms with Crippen molar-refractivity contribution in [1.29, 1.82) is 0 Å². The molecule has 3 rings (SSSR count). The van der Waals surface area contributed by atoms with Crippen molar-refractivity contribution < 1.29 is 67.7 Å². The number of aliphatic hydroxyl groups excluding tert-OH is 2. The van der Waals surface area contributed by atoms with Crippen molar-refractivity contribution in [3.8, 4) is 0 Å². The van der Waals surface area contributed by atoms with Crippen LogP contribution >= 0.6 is 0 Å². The van der Waals surface area contributed by atoms with Gasteiger partial charge in [-0.1, -0.05) is 57.5 Å². The average Bonchev–Trinajstić information content (AvgIpc) is 1.79. The van der Waals surface area contributed by atoms with E-state index in [1.807, 2.05) is 20.8 Å². The standard InChI is InChI=1S/C60H98N16O14/c1-7-11-34(4)90-60(89)39-16-14-38(15-17-39)50(79)69-44(21-27-64)54(83)76-49(36(6)78)59(88)72-42(19-25-62)52(81)68-40-23-29-66-58(87)48(35(5)77)75-55(84)45(22-28-65)70-53(82)43(20-26-63)71-56(85)46(30-33(2)3)73-57(86)47(31-37-12-9-8-10-13-37)74-51(80)41(18-24-61)67-32-40/h8-10,12-17,33-36,40-49,67,77-78H,7,11,18-32,61-65H2,1-6H3,(H,66,87)(H,68,81)(H,69,79)(H,70,82)(H,71,85)(H,72,88)(H,73,86)(H,74,80)(H,75,84)(H,76,83)/t34?,35?,36?,40-,41-,42-,43-,44-,45-,46-,47+,48-,49-/m0/s1. The van der Waals surface area contributed by atoms with Crippen LogP contribution in [0.15, 0.2) is 54.6 Å². The molecular weight excluding hydrogens is 1170 g/mol. The van der Waals surface area contributed by atoms with Gasteiger partial charge in [-0.3, -0.25) is 47.9 Å². The number of amides is 10. The molecule has 502 valence electrons. The van der Waals surface area contributed by atoms with Crippen LogP contribution in [-0.2, 0) is 54.3 Å². The summed E-state index contributed by atoms with van der Waals surface area (Å²) in [4.78, 5) is 153. The van der Waals surface area contributed by atoms with Gasteiger partial charge < -0.3 is 102 Å². The lowest BCUT2D eigenvalue weighted by atomic mass is 10.00. The lowest BCUT2D eigenvalue weighted by Crippen LogP contribution is -2.61. The first-order valence-electron chi connectivity index (χ1n) is 30.8. The monoisotopic (exact) mass is 1270 g/mol. The molecule has 13 atom stereocenters. The molecule has 90 heavy (non-hydrogen) atoms. The zero-order valence-corrected chi connectivity index (χ0v) is 52.5. The Morgan fingerprint density at radius 2 is 1.09 bits per heavy atom. The first kappa shape index (κ1) is 76.5. The van der Waals surface area contributed by atoms with E-state index in [0.29, 0.717) is 12.0 Å². The van der Waals surface area contributed by atoms with Crippen LogP contribution in [0.4, 0.5) is 0 Å². The number of aliphatic hydroxyl groups is 2. The highest BCUT2D eigenvalue weighted by Crippen LogP contribution is 2.14. The number of nitrogens with one attached hydrogen (secondary N) is 11. The van der Waals surface area contributed by atoms with Crippen LogP contribution < -0.4 is 87.2 Å². The summed E-state index contributed by atoms with van der Waals surface area (Å²) in [6, 6.07) is 0.659. The summed E-state index contributed by atoms with van der Waals surface area (Å²) in [5, 5.41) is 51.0. The summed E-state index contributed by atoms with van der Waals surface area (Å²) < 4.78 is 5.43. The van der Waals surface area contributed by atoms with E-state index in [4.69, 9.17) is 33.4 Å². The van der Waals surface area contributed by atoms with E-state index in [9.17, 15) is 63.0 Å². The Bertz CT molecular complexity index is 2650. The normalized spacial score (nSPS) is 22.2. The second-order valence-electron chi connectivity index (χ2n) is 22.8. The fourth-order valence-corrected chi connectivity index (χ4v) is 9.67. The Balaban J connectivity index is 2.01. The molecule has 30 heteroatoms. The highest BCUT2D eigenvalue weighted by atomic mass is 16.5. The van der Waals surface area contributed by atoms with Crippen LogP contribution in [0.25, 0.3) is 0 Å². The number of carbonyl (C=O) groups excluding carboxylic acids is 11. The van der Waals surface area contributed by atoms with Crippen molar-refractivity contribution >= 4 is 65.0 Å². The molecule has 0 aromatic heterocycles. The third-order valence-electron chi connectivity index (χ3n) is 14.6. The highest BCUT2D eigenvalue weighted by Gasteiger charge is 2.37. The summed E-state index contributed by atoms with van der Waals surface area (Å²) in [5.74, 6) is -9.18. The lowest BCUT2D eigenvalue weighted by Gasteiger charge is -2.29. The van der Waals surface area contributed by atoms with Crippen molar-refractivity contribution in [1.82, 2.24) is 58.5 Å². The lowest BCUT2D eigenvalue weighted by molar-refractivity contribution is -0.136. The predicted molar refractivity (Wildman–Crippen MR) is 334 cm³/mol. The van der Waals surface area contributed by atoms with E-state index >= 15 is 0 Å². The maximum absolute atomic E-state index is 14.5. The maximum atomic E-state index is 14.5. The van der Waals surface area contributed by atoms with Crippen LogP contribution in [0, 0.1) is 5.92 Å². The summed E-state index contributed by atoms with van der Waals surface area (Å²) >= 11 is 0. The zero-order chi connectivity index (χ0) is 67.0. The molecule has 0 spiro atoms. The summed E-state index contributed by atoms with van der Waals surface area (Å²) in [6.07, 6.45) is -2.65. The smallest absolute Gasteiger partial charge is 0.338 e. The van der Waals surface area contributed by atoms with E-state index in [1.54, 1.807) is 37.3 Å². The number of hydrogen-bond donors (Lipinski definition) is 18. The van der Waals surface area contributed by atoms with E-state index in [2.05, 4.69) is 58.5 Å². The van der Waals surface area contributed by atoms with E-state index in [-0.39, 0.29) is 120 Å². The van der Waals surface area contributed by atoms with Crippen LogP contribution in [0.3, 0.4) is 0 Å². The highest BCUT2D eigenvalue weighted by molar-refractivity contribution is 6.00. The Hall–Kier alpha value is -7.71. The van der Waals surface area contributed by atoms with Crippen LogP contribution in [-0.4, -0.2) is 200 Å². The summed E-state index contributed by atoms with van der Waals surface area (Å²) in [7, 11) is 0. The molecule has 30 nitrogen and oxygen atoms in total. The van der Waals surface area contributed by atoms with Gasteiger partial charge in [0, 0.05) is 31.1 Å². The van der Waals surface area contributed by atoms with Crippen LogP contribution in [0.1, 0.15) is 126 Å². The molecule has 1 fully saturated rings. The van der Waals surface area contributed by atoms with Crippen LogP contribution in [0.2, 0.25) is 0 Å². The number of carbonyl (C=O) groups is 11. The topological polar surface area (TPSA) is 500 Å². The summed E-state index contributed by atoms with van der Waals surface area (Å²) in [6.45, 7) is 8.72. The molecule has 1 aliphatic heterocycles. The molecule has 2 aromatic rings. The Kier molecular flexibility index (Phi) is 34.1. The number of ether oxygens (including phenoxy) is 1. The van der Waals surface area contributed by atoms with Crippen molar-refractivity contribution in [2.24, 2.45) is 34.6 Å². The molecule has 23 N–H and O–H groups in total. The minimum Gasteiger partial charge on any atom is -0.459 e. The van der Waals surface area contributed by atoms with E-state index in [1.165, 1.54) is 38.1 Å². The average molecular weight is 1270 g/mol. The Morgan fingerprint density at radius 3 is 1.63 bits per heavy atom. The second-order valence-corrected chi connectivity index (χ2v) is 22.8. The van der Waals surface area contributed by atoms with Gasteiger partial charge in [0.2, 0.25) is 53.2 Å². The first-order valence-corrected chi connectivity index (χ1v) is 30.8. The molecule has 1 saturated heterocycles. The number of nitrogens with two attached hydrogens (primary N) is 5. The molecule has 0 aliphatic carbocycles. The predicted octanol–water partition coefficient (Wildman–Crippen LogP) is -4.72. The van der Waals surface area contributed by atoms with Gasteiger partial charge in [-0.15, -0.1) is 0 Å². The Morgan fingerprint density at radius 1 is 0.578 bits per heavy atom. The molecule has 0 saturated carbocycles. The molecule has 3 unspecified atom stereocenters. The van der Waals surface area contributed by atoms with Crippen molar-refractivity contribution in [2.75, 3.05) is 45.8 Å². The number of benzene rings is 2. The van der Waals surface area contributed by atoms with Gasteiger partial charge in [-0.2, -0.15) is 0 Å². The minimum atomic E-state index is -1.72. The van der Waals surface area contributed by atoms with Gasteiger partial charge in [-0.25, -0.2) is 4.79 Å². The van der Waals surface area contributed by atoms with E-state index < -0.39 is 138 Å². The van der Waals surface area contributed by atoms with Gasteiger partial charge in [0.05, 0.1) is 29.9 Å². The quantitative estimate of drug-likeness (QED) is 0.0356. The molecular formula is C60H98N16O14. The molecule has 0 bridgehead atoms. The van der Waals surface area contributed by atoms with Crippen LogP contribution in [0.5, 0.6) is 0 Å². The Labute approximate surface area is 525 Å². The summed E-state index contributed by atoms with van der Waals surface area (Å²) in [5.41, 5.74) is 30.5. The fourth-order valence-electron chi connectivity index (χ4n) is 9.67. The molecule has 2 aromatic carbocycles. The SMILES string of the molecule is CCCC(C)OC(=O)c1ccc(C(=O)N[C@@H](CCN)C(=O)N[C@H](C(=O)N[C@@H](CCN)C(=O)N[C@H]2CCNC(=O)[C@H](C(C)O)NC(=O)[C@H](CCN)NC(=O)[C@H](CCN)NC(=O)[C@H](CC(C)C)NC(=O)[C@@H](Cc3ccccc3)NC(=O)[C@H](CCN)NC2)C(C)O)cc1. The third kappa shape index (κ3) is 26.0. The van der Waals surface area contributed by atoms with Gasteiger partial charge in [0.1, 0.15) is 48.3 Å². The van der Waals surface area contributed by atoms with Gasteiger partial charge in [0.25, 0.3) is 5.91 Å². The second kappa shape index (κ2) is 40.1. The maximum Gasteiger partial charge on any atom is 0.338 e. The van der Waals surface area contributed by atoms with E-state index in [0.717, 1.165) is 6.42 Å². The van der Waals surface area contributed by atoms with Crippen molar-refractivity contribution in [3.63, 3.8) is 0 Å².